The molecule has 0 saturated heterocycles. The van der Waals surface area contributed by atoms with Crippen LogP contribution in [0.2, 0.25) is 0 Å². The Kier molecular flexibility index (Phi) is 2.00. The van der Waals surface area contributed by atoms with Crippen molar-refractivity contribution in [1.29, 1.82) is 0 Å². The Balaban J connectivity index is 2.56. The van der Waals surface area contributed by atoms with E-state index in [-0.39, 0.29) is 6.04 Å². The summed E-state index contributed by atoms with van der Waals surface area (Å²) in [5.41, 5.74) is 10.0. The maximum Gasteiger partial charge on any atom is 0.0441 e. The minimum absolute atomic E-state index is 0.228. The summed E-state index contributed by atoms with van der Waals surface area (Å²) in [5, 5.41) is 0. The summed E-state index contributed by atoms with van der Waals surface area (Å²) >= 11 is 0. The quantitative estimate of drug-likeness (QED) is 0.653. The van der Waals surface area contributed by atoms with Crippen LogP contribution in [-0.2, 0) is 0 Å². The van der Waals surface area contributed by atoms with Crippen molar-refractivity contribution in [2.75, 3.05) is 18.5 Å². The van der Waals surface area contributed by atoms with Gasteiger partial charge in [-0.1, -0.05) is 18.2 Å². The van der Waals surface area contributed by atoms with Crippen LogP contribution >= 0.6 is 0 Å². The number of nitrogens with two attached hydrogens (primary N) is 1. The summed E-state index contributed by atoms with van der Waals surface area (Å²) < 4.78 is 0. The number of hydrogen-bond acceptors (Lipinski definition) is 2. The SMILES string of the molecule is Cc1cccc2c1N(C)CCC2N. The molecule has 1 atom stereocenters. The van der Waals surface area contributed by atoms with Crippen molar-refractivity contribution < 1.29 is 0 Å². The van der Waals surface area contributed by atoms with E-state index in [0.717, 1.165) is 13.0 Å². The maximum absolute atomic E-state index is 6.05. The molecule has 1 heterocycles. The highest BCUT2D eigenvalue weighted by Gasteiger charge is 2.20. The van der Waals surface area contributed by atoms with Crippen LogP contribution in [0.1, 0.15) is 23.6 Å². The zero-order valence-electron chi connectivity index (χ0n) is 8.25. The first-order chi connectivity index (χ1) is 6.20. The van der Waals surface area contributed by atoms with Crippen LogP contribution in [0.5, 0.6) is 0 Å². The first-order valence-electron chi connectivity index (χ1n) is 4.76. The smallest absolute Gasteiger partial charge is 0.0441 e. The van der Waals surface area contributed by atoms with Gasteiger partial charge in [-0.05, 0) is 24.5 Å². The van der Waals surface area contributed by atoms with Gasteiger partial charge in [-0.2, -0.15) is 0 Å². The van der Waals surface area contributed by atoms with E-state index in [1.165, 1.54) is 16.8 Å². The van der Waals surface area contributed by atoms with Gasteiger partial charge in [0.25, 0.3) is 0 Å². The first kappa shape index (κ1) is 8.57. The Morgan fingerprint density at radius 1 is 1.46 bits per heavy atom. The molecule has 2 N–H and O–H groups in total. The number of aryl methyl sites for hydroxylation is 1. The second kappa shape index (κ2) is 3.04. The molecule has 2 rings (SSSR count). The minimum Gasteiger partial charge on any atom is -0.374 e. The number of anilines is 1. The molecule has 2 nitrogen and oxygen atoms in total. The predicted octanol–water partition coefficient (Wildman–Crippen LogP) is 1.83. The van der Waals surface area contributed by atoms with Gasteiger partial charge in [-0.15, -0.1) is 0 Å². The van der Waals surface area contributed by atoms with Crippen LogP contribution in [0.15, 0.2) is 18.2 Å². The molecule has 1 aromatic rings. The van der Waals surface area contributed by atoms with Gasteiger partial charge in [0.15, 0.2) is 0 Å². The molecular weight excluding hydrogens is 160 g/mol. The molecule has 0 bridgehead atoms. The third-order valence-corrected chi connectivity index (χ3v) is 2.83. The lowest BCUT2D eigenvalue weighted by Gasteiger charge is -2.32. The molecule has 0 aliphatic carbocycles. The molecule has 0 radical (unpaired) electrons. The van der Waals surface area contributed by atoms with E-state index in [1.54, 1.807) is 0 Å². The number of rotatable bonds is 0. The fraction of sp³-hybridized carbons (Fsp3) is 0.455. The van der Waals surface area contributed by atoms with E-state index in [4.69, 9.17) is 5.73 Å². The van der Waals surface area contributed by atoms with Crippen LogP contribution in [-0.4, -0.2) is 13.6 Å². The van der Waals surface area contributed by atoms with Crippen LogP contribution in [0.4, 0.5) is 5.69 Å². The molecule has 1 aromatic carbocycles. The number of para-hydroxylation sites is 1. The number of hydrogen-bond donors (Lipinski definition) is 1. The molecule has 0 spiro atoms. The van der Waals surface area contributed by atoms with Crippen molar-refractivity contribution in [3.8, 4) is 0 Å². The number of benzene rings is 1. The van der Waals surface area contributed by atoms with Crippen molar-refractivity contribution in [3.63, 3.8) is 0 Å². The topological polar surface area (TPSA) is 29.3 Å². The Morgan fingerprint density at radius 3 is 2.92 bits per heavy atom. The fourth-order valence-corrected chi connectivity index (χ4v) is 2.10. The van der Waals surface area contributed by atoms with E-state index in [1.807, 2.05) is 0 Å². The average molecular weight is 176 g/mol. The highest BCUT2D eigenvalue weighted by atomic mass is 15.1. The Labute approximate surface area is 79.4 Å². The molecule has 1 unspecified atom stereocenters. The minimum atomic E-state index is 0.228. The van der Waals surface area contributed by atoms with Gasteiger partial charge < -0.3 is 10.6 Å². The Hall–Kier alpha value is -1.02. The molecule has 70 valence electrons. The van der Waals surface area contributed by atoms with Gasteiger partial charge in [0.1, 0.15) is 0 Å². The van der Waals surface area contributed by atoms with Crippen LogP contribution in [0, 0.1) is 6.92 Å². The van der Waals surface area contributed by atoms with Gasteiger partial charge in [-0.25, -0.2) is 0 Å². The maximum atomic E-state index is 6.05. The fourth-order valence-electron chi connectivity index (χ4n) is 2.10. The third kappa shape index (κ3) is 1.31. The van der Waals surface area contributed by atoms with Gasteiger partial charge in [0, 0.05) is 25.3 Å². The third-order valence-electron chi connectivity index (χ3n) is 2.83. The summed E-state index contributed by atoms with van der Waals surface area (Å²) in [7, 11) is 2.14. The van der Waals surface area contributed by atoms with E-state index in [2.05, 4.69) is 37.1 Å². The molecular formula is C11H16N2. The van der Waals surface area contributed by atoms with Crippen molar-refractivity contribution in [1.82, 2.24) is 0 Å². The van der Waals surface area contributed by atoms with Crippen molar-refractivity contribution in [2.45, 2.75) is 19.4 Å². The van der Waals surface area contributed by atoms with E-state index in [0.29, 0.717) is 0 Å². The summed E-state index contributed by atoms with van der Waals surface area (Å²) in [6, 6.07) is 6.61. The molecule has 2 heteroatoms. The summed E-state index contributed by atoms with van der Waals surface area (Å²) in [6.45, 7) is 3.21. The molecule has 0 aromatic heterocycles. The monoisotopic (exact) mass is 176 g/mol. The van der Waals surface area contributed by atoms with Crippen LogP contribution < -0.4 is 10.6 Å². The average Bonchev–Trinajstić information content (AvgIpc) is 2.12. The zero-order chi connectivity index (χ0) is 9.42. The lowest BCUT2D eigenvalue weighted by atomic mass is 9.95. The Bertz CT molecular complexity index is 320. The van der Waals surface area contributed by atoms with Crippen LogP contribution in [0.3, 0.4) is 0 Å². The first-order valence-corrected chi connectivity index (χ1v) is 4.76. The molecule has 1 aliphatic heterocycles. The molecule has 0 saturated carbocycles. The van der Waals surface area contributed by atoms with Gasteiger partial charge >= 0.3 is 0 Å². The highest BCUT2D eigenvalue weighted by Crippen LogP contribution is 2.33. The summed E-state index contributed by atoms with van der Waals surface area (Å²) in [5.74, 6) is 0. The standard InChI is InChI=1S/C11H16N2/c1-8-4-3-5-9-10(12)6-7-13(2)11(8)9/h3-5,10H,6-7,12H2,1-2H3. The van der Waals surface area contributed by atoms with Crippen molar-refractivity contribution in [2.24, 2.45) is 5.73 Å². The molecule has 1 aliphatic rings. The molecule has 0 fully saturated rings. The van der Waals surface area contributed by atoms with Gasteiger partial charge in [0.05, 0.1) is 0 Å². The van der Waals surface area contributed by atoms with Crippen molar-refractivity contribution in [3.05, 3.63) is 29.3 Å². The van der Waals surface area contributed by atoms with Gasteiger partial charge in [0.2, 0.25) is 0 Å². The second-order valence-corrected chi connectivity index (χ2v) is 3.83. The van der Waals surface area contributed by atoms with E-state index >= 15 is 0 Å². The number of fused-ring (bicyclic) bond motifs is 1. The normalized spacial score (nSPS) is 21.5. The van der Waals surface area contributed by atoms with Gasteiger partial charge in [-0.3, -0.25) is 0 Å². The number of nitrogens with zero attached hydrogens (tertiary/aromatic N) is 1. The lowest BCUT2D eigenvalue weighted by Crippen LogP contribution is -2.31. The summed E-state index contributed by atoms with van der Waals surface area (Å²) in [4.78, 5) is 2.30. The lowest BCUT2D eigenvalue weighted by molar-refractivity contribution is 0.613. The molecule has 13 heavy (non-hydrogen) atoms. The molecule has 0 amide bonds. The van der Waals surface area contributed by atoms with Crippen molar-refractivity contribution >= 4 is 5.69 Å². The largest absolute Gasteiger partial charge is 0.374 e. The van der Waals surface area contributed by atoms with E-state index < -0.39 is 0 Å². The zero-order valence-corrected chi connectivity index (χ0v) is 8.25. The van der Waals surface area contributed by atoms with Crippen LogP contribution in [0.25, 0.3) is 0 Å². The second-order valence-electron chi connectivity index (χ2n) is 3.83. The highest BCUT2D eigenvalue weighted by molar-refractivity contribution is 5.61. The summed E-state index contributed by atoms with van der Waals surface area (Å²) in [6.07, 6.45) is 1.06. The van der Waals surface area contributed by atoms with E-state index in [9.17, 15) is 0 Å². The predicted molar refractivity (Wildman–Crippen MR) is 56.0 cm³/mol. The Morgan fingerprint density at radius 2 is 2.23 bits per heavy atom.